The third kappa shape index (κ3) is 4.92. The number of aryl methyl sites for hydroxylation is 1. The number of carbonyl (C=O) groups is 2. The van der Waals surface area contributed by atoms with Crippen LogP contribution in [0, 0.1) is 6.92 Å². The molecule has 0 aromatic heterocycles. The summed E-state index contributed by atoms with van der Waals surface area (Å²) in [6.45, 7) is 7.56. The minimum Gasteiger partial charge on any atom is -0.466 e. The van der Waals surface area contributed by atoms with Crippen molar-refractivity contribution in [1.82, 2.24) is 9.21 Å². The molecule has 1 atom stereocenters. The molecule has 8 nitrogen and oxygen atoms in total. The fraction of sp³-hybridized carbons (Fsp3) is 0.455. The smallest absolute Gasteiger partial charge is 0.411 e. The van der Waals surface area contributed by atoms with Crippen LogP contribution < -0.4 is 0 Å². The molecule has 168 valence electrons. The van der Waals surface area contributed by atoms with Gasteiger partial charge in [-0.3, -0.25) is 9.21 Å². The maximum Gasteiger partial charge on any atom is 0.411 e. The second kappa shape index (κ2) is 8.37. The lowest BCUT2D eigenvalue weighted by molar-refractivity contribution is -0.134. The minimum atomic E-state index is -3.76. The van der Waals surface area contributed by atoms with Crippen LogP contribution in [-0.2, 0) is 24.3 Å². The van der Waals surface area contributed by atoms with Crippen LogP contribution >= 0.6 is 0 Å². The molecule has 0 bridgehead atoms. The number of likely N-dealkylation sites (tertiary alicyclic amines) is 1. The second-order valence-electron chi connectivity index (χ2n) is 8.62. The summed E-state index contributed by atoms with van der Waals surface area (Å²) in [4.78, 5) is 26.4. The Balaban J connectivity index is 1.98. The van der Waals surface area contributed by atoms with Gasteiger partial charge in [-0.1, -0.05) is 17.7 Å². The zero-order chi connectivity index (χ0) is 23.0. The molecule has 2 aliphatic heterocycles. The van der Waals surface area contributed by atoms with Crippen LogP contribution in [0.15, 0.2) is 52.6 Å². The Labute approximate surface area is 183 Å². The highest BCUT2D eigenvalue weighted by Gasteiger charge is 2.42. The van der Waals surface area contributed by atoms with Crippen LogP contribution in [0.4, 0.5) is 4.79 Å². The normalized spacial score (nSPS) is 20.4. The van der Waals surface area contributed by atoms with Crippen molar-refractivity contribution in [3.8, 4) is 0 Å². The van der Waals surface area contributed by atoms with Gasteiger partial charge in [0.25, 0.3) is 10.0 Å². The van der Waals surface area contributed by atoms with Gasteiger partial charge in [0.2, 0.25) is 0 Å². The number of hydrogen-bond acceptors (Lipinski definition) is 6. The highest BCUT2D eigenvalue weighted by atomic mass is 32.2. The zero-order valence-electron chi connectivity index (χ0n) is 18.4. The fourth-order valence-electron chi connectivity index (χ4n) is 3.59. The summed E-state index contributed by atoms with van der Waals surface area (Å²) in [5.74, 6) is -0.570. The van der Waals surface area contributed by atoms with Gasteiger partial charge in [0.05, 0.1) is 24.6 Å². The van der Waals surface area contributed by atoms with Crippen LogP contribution in [0.1, 0.15) is 32.8 Å². The lowest BCUT2D eigenvalue weighted by Gasteiger charge is -2.33. The average Bonchev–Trinajstić information content (AvgIpc) is 3.05. The predicted octanol–water partition coefficient (Wildman–Crippen LogP) is 2.99. The van der Waals surface area contributed by atoms with Gasteiger partial charge in [-0.05, 0) is 57.4 Å². The van der Waals surface area contributed by atoms with Crippen LogP contribution in [0.25, 0.3) is 0 Å². The van der Waals surface area contributed by atoms with Gasteiger partial charge in [0.15, 0.2) is 0 Å². The Bertz CT molecular complexity index is 1030. The quantitative estimate of drug-likeness (QED) is 0.521. The molecule has 0 aliphatic carbocycles. The van der Waals surface area contributed by atoms with E-state index in [0.717, 1.165) is 5.56 Å². The molecule has 2 aliphatic rings. The first kappa shape index (κ1) is 22.9. The molecule has 1 aromatic rings. The van der Waals surface area contributed by atoms with E-state index < -0.39 is 27.7 Å². The van der Waals surface area contributed by atoms with E-state index in [0.29, 0.717) is 17.6 Å². The lowest BCUT2D eigenvalue weighted by Crippen LogP contribution is -2.43. The molecule has 1 amide bonds. The van der Waals surface area contributed by atoms with Gasteiger partial charge in [-0.15, -0.1) is 0 Å². The Morgan fingerprint density at radius 1 is 1.16 bits per heavy atom. The summed E-state index contributed by atoms with van der Waals surface area (Å²) in [5.41, 5.74) is 1.42. The highest BCUT2D eigenvalue weighted by Crippen LogP contribution is 2.36. The molecule has 2 heterocycles. The molecular weight excluding hydrogens is 420 g/mol. The van der Waals surface area contributed by atoms with E-state index in [2.05, 4.69) is 0 Å². The second-order valence-corrected chi connectivity index (χ2v) is 10.5. The van der Waals surface area contributed by atoms with Crippen molar-refractivity contribution >= 4 is 22.1 Å². The third-order valence-corrected chi connectivity index (χ3v) is 6.87. The minimum absolute atomic E-state index is 0.138. The summed E-state index contributed by atoms with van der Waals surface area (Å²) in [6.07, 6.45) is 2.69. The predicted molar refractivity (Wildman–Crippen MR) is 115 cm³/mol. The van der Waals surface area contributed by atoms with Crippen molar-refractivity contribution in [3.05, 3.63) is 53.3 Å². The first-order valence-electron chi connectivity index (χ1n) is 10.0. The first-order valence-corrected chi connectivity index (χ1v) is 11.4. The molecule has 1 unspecified atom stereocenters. The molecule has 3 rings (SSSR count). The molecule has 0 spiro atoms. The van der Waals surface area contributed by atoms with Crippen molar-refractivity contribution < 1.29 is 27.5 Å². The maximum atomic E-state index is 13.1. The Kier molecular flexibility index (Phi) is 6.18. The van der Waals surface area contributed by atoms with Crippen LogP contribution in [0.5, 0.6) is 0 Å². The number of rotatable bonds is 3. The number of nitrogens with zero attached hydrogens (tertiary/aromatic N) is 2. The van der Waals surface area contributed by atoms with Gasteiger partial charge in [-0.2, -0.15) is 0 Å². The Hall–Kier alpha value is -2.81. The third-order valence-electron chi connectivity index (χ3n) is 5.10. The van der Waals surface area contributed by atoms with Gasteiger partial charge in [0.1, 0.15) is 5.60 Å². The summed E-state index contributed by atoms with van der Waals surface area (Å²) in [7, 11) is -2.50. The van der Waals surface area contributed by atoms with E-state index in [9.17, 15) is 18.0 Å². The summed E-state index contributed by atoms with van der Waals surface area (Å²) >= 11 is 0. The van der Waals surface area contributed by atoms with Crippen molar-refractivity contribution in [3.63, 3.8) is 0 Å². The molecule has 0 saturated carbocycles. The van der Waals surface area contributed by atoms with Crippen molar-refractivity contribution in [1.29, 1.82) is 0 Å². The van der Waals surface area contributed by atoms with Crippen molar-refractivity contribution in [2.24, 2.45) is 0 Å². The number of fused-ring (bicyclic) bond motifs is 1. The molecule has 0 N–H and O–H groups in total. The summed E-state index contributed by atoms with van der Waals surface area (Å²) in [6, 6.07) is 6.25. The summed E-state index contributed by atoms with van der Waals surface area (Å²) < 4.78 is 37.8. The first-order chi connectivity index (χ1) is 14.4. The standard InChI is InChI=1S/C22H28N2O6S/c1-15-6-8-17(9-7-15)31(27,28)23-11-10-19-18(14-23)16(12-20(25)29-5)13-24(19)21(26)30-22(2,3)4/h6-9,12,14,19H,10-11,13H2,1-5H3/b16-12+. The number of ether oxygens (including phenoxy) is 2. The zero-order valence-corrected chi connectivity index (χ0v) is 19.2. The number of carbonyl (C=O) groups excluding carboxylic acids is 2. The average molecular weight is 449 g/mol. The van der Waals surface area contributed by atoms with Crippen LogP contribution in [0.3, 0.4) is 0 Å². The van der Waals surface area contributed by atoms with Crippen LogP contribution in [0.2, 0.25) is 0 Å². The summed E-state index contributed by atoms with van der Waals surface area (Å²) in [5, 5.41) is 0. The van der Waals surface area contributed by atoms with E-state index in [-0.39, 0.29) is 24.0 Å². The molecule has 0 radical (unpaired) electrons. The Morgan fingerprint density at radius 2 is 1.81 bits per heavy atom. The fourth-order valence-corrected chi connectivity index (χ4v) is 4.94. The molecule has 1 aromatic carbocycles. The SMILES string of the molecule is COC(=O)/C=C1\CN(C(=O)OC(C)(C)C)C2CCN(S(=O)(=O)c3ccc(C)cc3)C=C12. The number of esters is 1. The van der Waals surface area contributed by atoms with Gasteiger partial charge >= 0.3 is 12.1 Å². The largest absolute Gasteiger partial charge is 0.466 e. The van der Waals surface area contributed by atoms with E-state index in [1.54, 1.807) is 45.0 Å². The van der Waals surface area contributed by atoms with E-state index in [4.69, 9.17) is 9.47 Å². The highest BCUT2D eigenvalue weighted by molar-refractivity contribution is 7.89. The Morgan fingerprint density at radius 3 is 2.39 bits per heavy atom. The number of amides is 1. The van der Waals surface area contributed by atoms with Gasteiger partial charge in [0, 0.05) is 18.8 Å². The number of sulfonamides is 1. The van der Waals surface area contributed by atoms with Crippen LogP contribution in [-0.4, -0.2) is 61.5 Å². The molecule has 9 heteroatoms. The van der Waals surface area contributed by atoms with Gasteiger partial charge in [-0.25, -0.2) is 18.0 Å². The lowest BCUT2D eigenvalue weighted by atomic mass is 9.99. The van der Waals surface area contributed by atoms with Crippen molar-refractivity contribution in [2.45, 2.75) is 50.7 Å². The number of benzene rings is 1. The molecule has 31 heavy (non-hydrogen) atoms. The van der Waals surface area contributed by atoms with E-state index in [1.807, 2.05) is 6.92 Å². The number of hydrogen-bond donors (Lipinski definition) is 0. The van der Waals surface area contributed by atoms with E-state index in [1.165, 1.54) is 28.6 Å². The van der Waals surface area contributed by atoms with Gasteiger partial charge < -0.3 is 9.47 Å². The molecular formula is C22H28N2O6S. The number of methoxy groups -OCH3 is 1. The van der Waals surface area contributed by atoms with Crippen molar-refractivity contribution in [2.75, 3.05) is 20.2 Å². The maximum absolute atomic E-state index is 13.1. The molecule has 1 saturated heterocycles. The monoisotopic (exact) mass is 448 g/mol. The topological polar surface area (TPSA) is 93.2 Å². The van der Waals surface area contributed by atoms with E-state index >= 15 is 0 Å². The molecule has 1 fully saturated rings.